The van der Waals surface area contributed by atoms with Crippen molar-refractivity contribution < 1.29 is 14.3 Å². The highest BCUT2D eigenvalue weighted by Crippen LogP contribution is 2.41. The average molecular weight is 277 g/mol. The van der Waals surface area contributed by atoms with Gasteiger partial charge < -0.3 is 14.8 Å². The molecule has 1 aliphatic carbocycles. The summed E-state index contributed by atoms with van der Waals surface area (Å²) in [4.78, 5) is 12.2. The van der Waals surface area contributed by atoms with E-state index < -0.39 is 5.54 Å². The van der Waals surface area contributed by atoms with Gasteiger partial charge in [-0.1, -0.05) is 18.2 Å². The summed E-state index contributed by atoms with van der Waals surface area (Å²) in [7, 11) is 3.22. The molecule has 1 aromatic rings. The minimum Gasteiger partial charge on any atom is -0.490 e. The average Bonchev–Trinajstić information content (AvgIpc) is 3.27. The summed E-state index contributed by atoms with van der Waals surface area (Å²) in [5.74, 6) is 0.912. The maximum Gasteiger partial charge on any atom is 0.329 e. The zero-order valence-electron chi connectivity index (χ0n) is 12.7. The predicted octanol–water partition coefficient (Wildman–Crippen LogP) is 2.22. The maximum atomic E-state index is 12.2. The zero-order valence-corrected chi connectivity index (χ0v) is 12.7. The van der Waals surface area contributed by atoms with Gasteiger partial charge in [0.15, 0.2) is 5.54 Å². The molecule has 1 aromatic carbocycles. The highest BCUT2D eigenvalue weighted by atomic mass is 16.5. The van der Waals surface area contributed by atoms with E-state index in [0.29, 0.717) is 12.5 Å². The minimum atomic E-state index is -0.733. The molecule has 1 unspecified atom stereocenters. The Labute approximate surface area is 120 Å². The number of esters is 1. The van der Waals surface area contributed by atoms with E-state index in [9.17, 15) is 4.79 Å². The van der Waals surface area contributed by atoms with E-state index in [1.165, 1.54) is 7.11 Å². The van der Waals surface area contributed by atoms with E-state index >= 15 is 0 Å². The number of likely N-dealkylation sites (N-methyl/N-ethyl adjacent to an activating group) is 1. The summed E-state index contributed by atoms with van der Waals surface area (Å²) in [6.45, 7) is 4.32. The molecular weight excluding hydrogens is 254 g/mol. The molecule has 0 amide bonds. The maximum absolute atomic E-state index is 12.2. The molecule has 1 atom stereocenters. The number of carbonyl (C=O) groups is 1. The normalized spacial score (nSPS) is 17.4. The van der Waals surface area contributed by atoms with Crippen molar-refractivity contribution in [2.24, 2.45) is 5.92 Å². The molecule has 0 saturated heterocycles. The summed E-state index contributed by atoms with van der Waals surface area (Å²) in [5, 5.41) is 3.14. The number of hydrogen-bond donors (Lipinski definition) is 1. The molecule has 0 heterocycles. The molecule has 1 fully saturated rings. The first-order valence-corrected chi connectivity index (χ1v) is 7.01. The number of ether oxygens (including phenoxy) is 2. The third-order valence-electron chi connectivity index (χ3n) is 4.12. The quantitative estimate of drug-likeness (QED) is 0.810. The molecule has 4 nitrogen and oxygen atoms in total. The molecule has 1 aliphatic rings. The fourth-order valence-electron chi connectivity index (χ4n) is 2.69. The highest BCUT2D eigenvalue weighted by Gasteiger charge is 2.52. The van der Waals surface area contributed by atoms with Gasteiger partial charge in [-0.2, -0.15) is 0 Å². The van der Waals surface area contributed by atoms with Gasteiger partial charge in [0, 0.05) is 0 Å². The van der Waals surface area contributed by atoms with E-state index in [-0.39, 0.29) is 5.97 Å². The molecule has 0 spiro atoms. The first-order chi connectivity index (χ1) is 9.55. The van der Waals surface area contributed by atoms with Crippen LogP contribution >= 0.6 is 0 Å². The summed E-state index contributed by atoms with van der Waals surface area (Å²) < 4.78 is 11.0. The Balaban J connectivity index is 2.19. The van der Waals surface area contributed by atoms with Crippen LogP contribution in [0.15, 0.2) is 18.2 Å². The van der Waals surface area contributed by atoms with Crippen molar-refractivity contribution in [1.82, 2.24) is 5.32 Å². The van der Waals surface area contributed by atoms with E-state index in [0.717, 1.165) is 29.7 Å². The van der Waals surface area contributed by atoms with Crippen LogP contribution in [-0.4, -0.2) is 32.3 Å². The Morgan fingerprint density at radius 2 is 1.95 bits per heavy atom. The van der Waals surface area contributed by atoms with Crippen LogP contribution in [0.5, 0.6) is 5.75 Å². The highest BCUT2D eigenvalue weighted by molar-refractivity contribution is 5.82. The van der Waals surface area contributed by atoms with Crippen LogP contribution in [0.4, 0.5) is 0 Å². The van der Waals surface area contributed by atoms with Crippen LogP contribution in [0.1, 0.15) is 24.0 Å². The molecule has 4 heteroatoms. The minimum absolute atomic E-state index is 0.242. The number of para-hydroxylation sites is 1. The van der Waals surface area contributed by atoms with Crippen molar-refractivity contribution in [3.63, 3.8) is 0 Å². The number of rotatable bonds is 6. The van der Waals surface area contributed by atoms with Gasteiger partial charge in [-0.3, -0.25) is 0 Å². The van der Waals surface area contributed by atoms with Gasteiger partial charge in [0.2, 0.25) is 0 Å². The van der Waals surface area contributed by atoms with Crippen molar-refractivity contribution >= 4 is 5.97 Å². The van der Waals surface area contributed by atoms with Crippen molar-refractivity contribution in [3.8, 4) is 5.75 Å². The van der Waals surface area contributed by atoms with E-state index in [1.807, 2.05) is 32.0 Å². The number of nitrogens with one attached hydrogen (secondary N) is 1. The fourth-order valence-corrected chi connectivity index (χ4v) is 2.69. The molecule has 0 bridgehead atoms. The van der Waals surface area contributed by atoms with Crippen LogP contribution in [0.3, 0.4) is 0 Å². The lowest BCUT2D eigenvalue weighted by Crippen LogP contribution is -2.57. The van der Waals surface area contributed by atoms with Gasteiger partial charge in [0.25, 0.3) is 0 Å². The summed E-state index contributed by atoms with van der Waals surface area (Å²) in [6, 6.07) is 6.03. The van der Waals surface area contributed by atoms with Gasteiger partial charge in [-0.25, -0.2) is 4.79 Å². The van der Waals surface area contributed by atoms with Crippen molar-refractivity contribution in [2.45, 2.75) is 32.2 Å². The largest absolute Gasteiger partial charge is 0.490 e. The van der Waals surface area contributed by atoms with Crippen LogP contribution in [0.2, 0.25) is 0 Å². The molecule has 0 radical (unpaired) electrons. The molecule has 110 valence electrons. The molecule has 0 aromatic heterocycles. The molecular formula is C16H23NO3. The third kappa shape index (κ3) is 2.66. The van der Waals surface area contributed by atoms with Crippen LogP contribution < -0.4 is 10.1 Å². The van der Waals surface area contributed by atoms with Gasteiger partial charge in [0.1, 0.15) is 12.4 Å². The summed E-state index contributed by atoms with van der Waals surface area (Å²) in [5.41, 5.74) is 1.43. The van der Waals surface area contributed by atoms with Crippen molar-refractivity contribution in [3.05, 3.63) is 29.3 Å². The Kier molecular flexibility index (Phi) is 4.33. The van der Waals surface area contributed by atoms with E-state index in [1.54, 1.807) is 7.05 Å². The number of methoxy groups -OCH3 is 1. The summed E-state index contributed by atoms with van der Waals surface area (Å²) >= 11 is 0. The van der Waals surface area contributed by atoms with Crippen molar-refractivity contribution in [1.29, 1.82) is 0 Å². The lowest BCUT2D eigenvalue weighted by Gasteiger charge is -2.31. The van der Waals surface area contributed by atoms with Gasteiger partial charge >= 0.3 is 5.97 Å². The Hall–Kier alpha value is -1.55. The second kappa shape index (κ2) is 5.83. The number of hydrogen-bond acceptors (Lipinski definition) is 4. The first kappa shape index (κ1) is 14.9. The Morgan fingerprint density at radius 1 is 1.35 bits per heavy atom. The smallest absolute Gasteiger partial charge is 0.329 e. The molecule has 1 N–H and O–H groups in total. The molecule has 0 aliphatic heterocycles. The Bertz CT molecular complexity index is 476. The van der Waals surface area contributed by atoms with Crippen LogP contribution in [0.25, 0.3) is 0 Å². The summed E-state index contributed by atoms with van der Waals surface area (Å²) in [6.07, 6.45) is 2.07. The monoisotopic (exact) mass is 277 g/mol. The van der Waals surface area contributed by atoms with Gasteiger partial charge in [-0.15, -0.1) is 0 Å². The predicted molar refractivity (Wildman–Crippen MR) is 77.9 cm³/mol. The molecule has 2 rings (SSSR count). The standard InChI is InChI=1S/C16H23NO3/c1-11-6-5-7-12(2)14(11)20-10-16(17-3,13-8-9-13)15(18)19-4/h5-7,13,17H,8-10H2,1-4H3. The SMILES string of the molecule is CNC(COc1c(C)cccc1C)(C(=O)OC)C1CC1. The molecule has 20 heavy (non-hydrogen) atoms. The van der Waals surface area contributed by atoms with Gasteiger partial charge in [0.05, 0.1) is 7.11 Å². The topological polar surface area (TPSA) is 47.6 Å². The van der Waals surface area contributed by atoms with Crippen molar-refractivity contribution in [2.75, 3.05) is 20.8 Å². The second-order valence-electron chi connectivity index (χ2n) is 5.50. The lowest BCUT2D eigenvalue weighted by molar-refractivity contribution is -0.151. The van der Waals surface area contributed by atoms with E-state index in [2.05, 4.69) is 5.32 Å². The number of aryl methyl sites for hydroxylation is 2. The van der Waals surface area contributed by atoms with Crippen LogP contribution in [0, 0.1) is 19.8 Å². The Morgan fingerprint density at radius 3 is 2.40 bits per heavy atom. The van der Waals surface area contributed by atoms with Gasteiger partial charge in [-0.05, 0) is 50.8 Å². The van der Waals surface area contributed by atoms with E-state index in [4.69, 9.17) is 9.47 Å². The first-order valence-electron chi connectivity index (χ1n) is 7.01. The molecule has 1 saturated carbocycles. The van der Waals surface area contributed by atoms with Crippen LogP contribution in [-0.2, 0) is 9.53 Å². The second-order valence-corrected chi connectivity index (χ2v) is 5.50. The number of carbonyl (C=O) groups excluding carboxylic acids is 1. The lowest BCUT2D eigenvalue weighted by atomic mass is 9.94. The fraction of sp³-hybridized carbons (Fsp3) is 0.562. The third-order valence-corrected chi connectivity index (χ3v) is 4.12. The zero-order chi connectivity index (χ0) is 14.8. The number of benzene rings is 1.